The standard InChI is InChI=1S/C7H13S/c1-3-7-4-2-6-8(7)5-1/h7H,1-6H2/q+1. The quantitative estimate of drug-likeness (QED) is 0.435. The summed E-state index contributed by atoms with van der Waals surface area (Å²) >= 11 is 0. The topological polar surface area (TPSA) is 0 Å². The third kappa shape index (κ3) is 0.680. The Labute approximate surface area is 54.0 Å². The highest BCUT2D eigenvalue weighted by Gasteiger charge is 2.39. The highest BCUT2D eigenvalue weighted by Crippen LogP contribution is 2.32. The number of fused-ring (bicyclic) bond motifs is 1. The lowest BCUT2D eigenvalue weighted by atomic mass is 10.2. The van der Waals surface area contributed by atoms with Gasteiger partial charge in [-0.1, -0.05) is 0 Å². The largest absolute Gasteiger partial charge is 0.118 e. The van der Waals surface area contributed by atoms with Crippen LogP contribution in [-0.4, -0.2) is 16.8 Å². The van der Waals surface area contributed by atoms with Crippen molar-refractivity contribution in [3.05, 3.63) is 0 Å². The molecule has 0 radical (unpaired) electrons. The Morgan fingerprint density at radius 3 is 2.12 bits per heavy atom. The van der Waals surface area contributed by atoms with Gasteiger partial charge in [0.05, 0.1) is 0 Å². The molecule has 0 nitrogen and oxygen atoms in total. The first kappa shape index (κ1) is 5.16. The van der Waals surface area contributed by atoms with Gasteiger partial charge < -0.3 is 0 Å². The lowest BCUT2D eigenvalue weighted by Crippen LogP contribution is -2.09. The van der Waals surface area contributed by atoms with Crippen LogP contribution in [0.15, 0.2) is 0 Å². The second-order valence-corrected chi connectivity index (χ2v) is 5.41. The zero-order chi connectivity index (χ0) is 5.40. The minimum Gasteiger partial charge on any atom is -0.00985 e. The molecule has 0 unspecified atom stereocenters. The summed E-state index contributed by atoms with van der Waals surface area (Å²) in [5.74, 6) is 3.18. The molecular weight excluding hydrogens is 116 g/mol. The summed E-state index contributed by atoms with van der Waals surface area (Å²) in [4.78, 5) is 0. The average Bonchev–Trinajstić information content (AvgIpc) is 2.15. The molecule has 0 aliphatic carbocycles. The second kappa shape index (κ2) is 1.94. The fourth-order valence-corrected chi connectivity index (χ4v) is 4.85. The molecule has 0 bridgehead atoms. The maximum atomic E-state index is 1.59. The van der Waals surface area contributed by atoms with E-state index in [0.29, 0.717) is 0 Å². The van der Waals surface area contributed by atoms with E-state index < -0.39 is 0 Å². The van der Waals surface area contributed by atoms with E-state index >= 15 is 0 Å². The van der Waals surface area contributed by atoms with Crippen LogP contribution in [-0.2, 0) is 10.9 Å². The first-order valence-corrected chi connectivity index (χ1v) is 5.26. The average molecular weight is 129 g/mol. The van der Waals surface area contributed by atoms with Gasteiger partial charge in [-0.05, 0) is 36.6 Å². The molecule has 0 atom stereocenters. The highest BCUT2D eigenvalue weighted by molar-refractivity contribution is 7.97. The van der Waals surface area contributed by atoms with Crippen molar-refractivity contribution < 1.29 is 0 Å². The van der Waals surface area contributed by atoms with Gasteiger partial charge in [-0.15, -0.1) is 0 Å². The van der Waals surface area contributed by atoms with Crippen molar-refractivity contribution >= 4 is 10.9 Å². The van der Waals surface area contributed by atoms with Crippen LogP contribution in [0.2, 0.25) is 0 Å². The molecule has 0 aromatic carbocycles. The van der Waals surface area contributed by atoms with Crippen molar-refractivity contribution in [2.75, 3.05) is 11.5 Å². The molecule has 0 aromatic rings. The van der Waals surface area contributed by atoms with Gasteiger partial charge in [0.1, 0.15) is 16.8 Å². The first-order valence-electron chi connectivity index (χ1n) is 3.63. The number of rotatable bonds is 0. The molecule has 2 aliphatic heterocycles. The molecule has 2 heterocycles. The summed E-state index contributed by atoms with van der Waals surface area (Å²) in [7, 11) is 0.932. The van der Waals surface area contributed by atoms with E-state index in [9.17, 15) is 0 Å². The zero-order valence-electron chi connectivity index (χ0n) is 5.23. The third-order valence-electron chi connectivity index (χ3n) is 2.34. The van der Waals surface area contributed by atoms with Crippen molar-refractivity contribution in [2.24, 2.45) is 0 Å². The molecule has 0 spiro atoms. The highest BCUT2D eigenvalue weighted by atomic mass is 32.2. The van der Waals surface area contributed by atoms with Gasteiger partial charge in [0, 0.05) is 0 Å². The van der Waals surface area contributed by atoms with E-state index in [1.54, 1.807) is 37.2 Å². The van der Waals surface area contributed by atoms with Gasteiger partial charge >= 0.3 is 0 Å². The predicted octanol–water partition coefficient (Wildman–Crippen LogP) is 1.56. The molecule has 2 saturated heterocycles. The summed E-state index contributed by atoms with van der Waals surface area (Å²) in [6, 6.07) is 0. The maximum absolute atomic E-state index is 1.59. The van der Waals surface area contributed by atoms with Crippen LogP contribution in [0.25, 0.3) is 0 Å². The maximum Gasteiger partial charge on any atom is 0.118 e. The Kier molecular flexibility index (Phi) is 1.25. The van der Waals surface area contributed by atoms with E-state index in [0.717, 1.165) is 10.9 Å². The van der Waals surface area contributed by atoms with Gasteiger partial charge in [-0.2, -0.15) is 0 Å². The Morgan fingerprint density at radius 1 is 1.00 bits per heavy atom. The molecule has 1 heteroatoms. The van der Waals surface area contributed by atoms with E-state index in [4.69, 9.17) is 0 Å². The van der Waals surface area contributed by atoms with Gasteiger partial charge in [0.2, 0.25) is 0 Å². The number of hydrogen-bond donors (Lipinski definition) is 0. The normalized spacial score (nSPS) is 45.0. The van der Waals surface area contributed by atoms with Gasteiger partial charge in [0.25, 0.3) is 0 Å². The van der Waals surface area contributed by atoms with Gasteiger partial charge in [0.15, 0.2) is 0 Å². The van der Waals surface area contributed by atoms with E-state index in [-0.39, 0.29) is 0 Å². The molecule has 2 aliphatic rings. The molecule has 0 N–H and O–H groups in total. The first-order chi connectivity index (χ1) is 3.97. The van der Waals surface area contributed by atoms with Crippen LogP contribution in [0.1, 0.15) is 25.7 Å². The second-order valence-electron chi connectivity index (χ2n) is 2.85. The summed E-state index contributed by atoms with van der Waals surface area (Å²) in [6.07, 6.45) is 6.24. The monoisotopic (exact) mass is 129 g/mol. The van der Waals surface area contributed by atoms with Gasteiger partial charge in [-0.25, -0.2) is 0 Å². The van der Waals surface area contributed by atoms with Crippen molar-refractivity contribution in [3.63, 3.8) is 0 Å². The van der Waals surface area contributed by atoms with Crippen molar-refractivity contribution in [1.29, 1.82) is 0 Å². The molecule has 2 fully saturated rings. The van der Waals surface area contributed by atoms with Crippen LogP contribution in [0.5, 0.6) is 0 Å². The smallest absolute Gasteiger partial charge is 0.00985 e. The fraction of sp³-hybridized carbons (Fsp3) is 1.00. The number of hydrogen-bond acceptors (Lipinski definition) is 0. The molecule has 0 aromatic heterocycles. The third-order valence-corrected chi connectivity index (χ3v) is 5.38. The van der Waals surface area contributed by atoms with Crippen LogP contribution in [0, 0.1) is 0 Å². The van der Waals surface area contributed by atoms with E-state index in [1.807, 2.05) is 0 Å². The molecule has 0 saturated carbocycles. The Bertz CT molecular complexity index is 70.4. The fourth-order valence-electron chi connectivity index (χ4n) is 1.91. The molecule has 8 heavy (non-hydrogen) atoms. The predicted molar refractivity (Wildman–Crippen MR) is 39.4 cm³/mol. The van der Waals surface area contributed by atoms with Crippen LogP contribution < -0.4 is 0 Å². The van der Waals surface area contributed by atoms with Crippen LogP contribution in [0.4, 0.5) is 0 Å². The van der Waals surface area contributed by atoms with Crippen molar-refractivity contribution in [3.8, 4) is 0 Å². The van der Waals surface area contributed by atoms with Crippen molar-refractivity contribution in [1.82, 2.24) is 0 Å². The summed E-state index contributed by atoms with van der Waals surface area (Å²) in [5.41, 5.74) is 0. The van der Waals surface area contributed by atoms with Crippen molar-refractivity contribution in [2.45, 2.75) is 30.9 Å². The summed E-state index contributed by atoms with van der Waals surface area (Å²) < 4.78 is 0. The summed E-state index contributed by atoms with van der Waals surface area (Å²) in [6.45, 7) is 0. The van der Waals surface area contributed by atoms with Crippen LogP contribution in [0.3, 0.4) is 0 Å². The zero-order valence-corrected chi connectivity index (χ0v) is 6.04. The molecular formula is C7H13S+. The Balaban J connectivity index is 2.04. The van der Waals surface area contributed by atoms with E-state index in [2.05, 4.69) is 0 Å². The minimum absolute atomic E-state index is 0.932. The van der Waals surface area contributed by atoms with Gasteiger partial charge in [-0.3, -0.25) is 0 Å². The Morgan fingerprint density at radius 2 is 1.62 bits per heavy atom. The lowest BCUT2D eigenvalue weighted by molar-refractivity contribution is 0.725. The lowest BCUT2D eigenvalue weighted by Gasteiger charge is -1.95. The minimum atomic E-state index is 0.932. The summed E-state index contributed by atoms with van der Waals surface area (Å²) in [5, 5.41) is 1.20. The van der Waals surface area contributed by atoms with E-state index in [1.165, 1.54) is 5.25 Å². The molecule has 2 rings (SSSR count). The molecule has 0 amide bonds. The van der Waals surface area contributed by atoms with Crippen LogP contribution >= 0.6 is 0 Å². The molecule has 46 valence electrons. The SMILES string of the molecule is C1CC2CCC[S+]2C1. The Hall–Kier alpha value is 0.350.